The highest BCUT2D eigenvalue weighted by molar-refractivity contribution is 7.92. The van der Waals surface area contributed by atoms with Crippen molar-refractivity contribution in [1.29, 1.82) is 0 Å². The molecule has 13 nitrogen and oxygen atoms in total. The number of primary sulfonamides is 1. The molecule has 8 N–H and O–H groups in total. The number of nitrogens with one attached hydrogen (secondary N) is 2. The number of aromatic amines is 1. The molecule has 1 fully saturated rings. The maximum atomic E-state index is 13.0. The van der Waals surface area contributed by atoms with Gasteiger partial charge in [0, 0.05) is 31.4 Å². The number of tetrazole rings is 1. The average molecular weight is 488 g/mol. The highest BCUT2D eigenvalue weighted by atomic mass is 32.2. The average Bonchev–Trinajstić information content (AvgIpc) is 3.27. The number of benzene rings is 1. The van der Waals surface area contributed by atoms with Crippen LogP contribution in [0.3, 0.4) is 0 Å². The molecule has 0 saturated carbocycles. The van der Waals surface area contributed by atoms with Crippen LogP contribution in [0.15, 0.2) is 21.9 Å². The predicted molar refractivity (Wildman–Crippen MR) is 118 cm³/mol. The van der Waals surface area contributed by atoms with Crippen LogP contribution in [0.1, 0.15) is 26.2 Å². The Labute approximate surface area is 187 Å². The second-order valence-corrected chi connectivity index (χ2v) is 11.0. The fourth-order valence-electron chi connectivity index (χ4n) is 3.87. The molecule has 1 aromatic carbocycles. The minimum Gasteiger partial charge on any atom is -0.371 e. The summed E-state index contributed by atoms with van der Waals surface area (Å²) in [4.78, 5) is 0.888. The zero-order valence-electron chi connectivity index (χ0n) is 17.7. The van der Waals surface area contributed by atoms with Gasteiger partial charge in [0.25, 0.3) is 0 Å². The normalized spacial score (nSPS) is 16.9. The third-order valence-electron chi connectivity index (χ3n) is 5.48. The molecule has 0 aliphatic carbocycles. The summed E-state index contributed by atoms with van der Waals surface area (Å²) in [6, 6.07) is 2.16. The zero-order chi connectivity index (χ0) is 23.5. The summed E-state index contributed by atoms with van der Waals surface area (Å²) in [7, 11) is -8.78. The van der Waals surface area contributed by atoms with Gasteiger partial charge < -0.3 is 16.4 Å². The smallest absolute Gasteiger partial charge is 0.242 e. The fourth-order valence-corrected chi connectivity index (χ4v) is 6.72. The molecule has 1 aromatic heterocycles. The second-order valence-electron chi connectivity index (χ2n) is 7.83. The Bertz CT molecular complexity index is 1130. The topological polar surface area (TPSA) is 216 Å². The Morgan fingerprint density at radius 3 is 2.44 bits per heavy atom. The molecule has 15 heteroatoms. The maximum Gasteiger partial charge on any atom is 0.242 e. The number of hydrogen-bond donors (Lipinski definition) is 5. The van der Waals surface area contributed by atoms with E-state index in [1.807, 2.05) is 4.90 Å². The molecule has 3 rings (SSSR count). The van der Waals surface area contributed by atoms with Crippen molar-refractivity contribution in [3.8, 4) is 11.4 Å². The Morgan fingerprint density at radius 1 is 1.22 bits per heavy atom. The van der Waals surface area contributed by atoms with E-state index >= 15 is 0 Å². The summed E-state index contributed by atoms with van der Waals surface area (Å²) >= 11 is 0. The van der Waals surface area contributed by atoms with E-state index in [9.17, 15) is 16.8 Å². The number of sulfonamides is 2. The van der Waals surface area contributed by atoms with Gasteiger partial charge in [-0.05, 0) is 56.0 Å². The molecule has 0 unspecified atom stereocenters. The number of H-pyrrole nitrogens is 1. The van der Waals surface area contributed by atoms with E-state index < -0.39 is 35.9 Å². The van der Waals surface area contributed by atoms with Crippen LogP contribution >= 0.6 is 0 Å². The number of rotatable bonds is 9. The van der Waals surface area contributed by atoms with E-state index in [0.29, 0.717) is 31.2 Å². The summed E-state index contributed by atoms with van der Waals surface area (Å²) in [5.74, 6) is 0.404. The molecule has 2 heterocycles. The van der Waals surface area contributed by atoms with Crippen molar-refractivity contribution in [2.45, 2.75) is 42.0 Å². The first kappa shape index (κ1) is 24.5. The molecular formula is C17H29N9O4S2. The van der Waals surface area contributed by atoms with Gasteiger partial charge in [-0.3, -0.25) is 0 Å². The van der Waals surface area contributed by atoms with E-state index in [-0.39, 0.29) is 17.9 Å². The fraction of sp³-hybridized carbons (Fsp3) is 0.588. The van der Waals surface area contributed by atoms with Gasteiger partial charge >= 0.3 is 0 Å². The van der Waals surface area contributed by atoms with Gasteiger partial charge in [0.2, 0.25) is 25.9 Å². The van der Waals surface area contributed by atoms with Crippen molar-refractivity contribution < 1.29 is 16.8 Å². The minimum absolute atomic E-state index is 0.0122. The first-order valence-electron chi connectivity index (χ1n) is 10.2. The first-order chi connectivity index (χ1) is 15.1. The van der Waals surface area contributed by atoms with Crippen LogP contribution in [0.5, 0.6) is 0 Å². The largest absolute Gasteiger partial charge is 0.371 e. The van der Waals surface area contributed by atoms with Crippen LogP contribution in [0.4, 0.5) is 5.69 Å². The van der Waals surface area contributed by atoms with Crippen LogP contribution in [-0.2, 0) is 20.0 Å². The van der Waals surface area contributed by atoms with Gasteiger partial charge in [-0.15, -0.1) is 10.2 Å². The lowest BCUT2D eigenvalue weighted by Gasteiger charge is -2.35. The third kappa shape index (κ3) is 5.24. The number of anilines is 1. The second kappa shape index (κ2) is 9.76. The van der Waals surface area contributed by atoms with Gasteiger partial charge in [0.1, 0.15) is 9.79 Å². The van der Waals surface area contributed by atoms with Gasteiger partial charge in [0.15, 0.2) is 0 Å². The lowest BCUT2D eigenvalue weighted by Crippen LogP contribution is -2.39. The third-order valence-corrected chi connectivity index (χ3v) is 8.24. The van der Waals surface area contributed by atoms with E-state index in [4.69, 9.17) is 16.6 Å². The van der Waals surface area contributed by atoms with E-state index in [1.165, 1.54) is 6.07 Å². The van der Waals surface area contributed by atoms with E-state index in [2.05, 4.69) is 25.3 Å². The summed E-state index contributed by atoms with van der Waals surface area (Å²) in [6.45, 7) is 3.46. The number of piperidine rings is 1. The number of nitrogens with two attached hydrogens (primary N) is 3. The lowest BCUT2D eigenvalue weighted by molar-refractivity contribution is 0.386. The minimum atomic E-state index is -4.51. The quantitative estimate of drug-likeness (QED) is 0.282. The first-order valence-corrected chi connectivity index (χ1v) is 13.2. The maximum absolute atomic E-state index is 13.0. The molecule has 1 saturated heterocycles. The van der Waals surface area contributed by atoms with Crippen molar-refractivity contribution in [3.63, 3.8) is 0 Å². The summed E-state index contributed by atoms with van der Waals surface area (Å²) in [6.07, 6.45) is 2.64. The van der Waals surface area contributed by atoms with Gasteiger partial charge in [-0.2, -0.15) is 5.21 Å². The SMILES string of the molecule is C[C@H](CN)NS(=O)(=O)c1ccc(N2CCC(CCN)CC2)c(-c2nn[nH]n2)c1S(N)(=O)=O. The van der Waals surface area contributed by atoms with Crippen molar-refractivity contribution in [1.82, 2.24) is 25.3 Å². The lowest BCUT2D eigenvalue weighted by atomic mass is 9.93. The molecule has 0 radical (unpaired) electrons. The summed E-state index contributed by atoms with van der Waals surface area (Å²) in [5, 5.41) is 19.1. The molecule has 0 spiro atoms. The number of nitrogens with zero attached hydrogens (tertiary/aromatic N) is 4. The molecule has 1 atom stereocenters. The number of hydrogen-bond acceptors (Lipinski definition) is 10. The van der Waals surface area contributed by atoms with Crippen molar-refractivity contribution in [2.24, 2.45) is 22.5 Å². The van der Waals surface area contributed by atoms with E-state index in [1.54, 1.807) is 13.0 Å². The molecule has 32 heavy (non-hydrogen) atoms. The zero-order valence-corrected chi connectivity index (χ0v) is 19.4. The molecule has 1 aliphatic heterocycles. The highest BCUT2D eigenvalue weighted by Crippen LogP contribution is 2.39. The molecule has 0 amide bonds. The van der Waals surface area contributed by atoms with Crippen LogP contribution in [0.25, 0.3) is 11.4 Å². The van der Waals surface area contributed by atoms with Crippen molar-refractivity contribution in [3.05, 3.63) is 12.1 Å². The molecule has 1 aliphatic rings. The van der Waals surface area contributed by atoms with E-state index in [0.717, 1.165) is 19.3 Å². The molecule has 2 aromatic rings. The highest BCUT2D eigenvalue weighted by Gasteiger charge is 2.34. The van der Waals surface area contributed by atoms with Crippen LogP contribution in [0.2, 0.25) is 0 Å². The van der Waals surface area contributed by atoms with Gasteiger partial charge in [0.05, 0.1) is 5.56 Å². The summed E-state index contributed by atoms with van der Waals surface area (Å²) in [5.41, 5.74) is 11.6. The Balaban J connectivity index is 2.19. The molecule has 0 bridgehead atoms. The van der Waals surface area contributed by atoms with Gasteiger partial charge in [-0.25, -0.2) is 26.7 Å². The summed E-state index contributed by atoms with van der Waals surface area (Å²) < 4.78 is 53.8. The predicted octanol–water partition coefficient (Wildman–Crippen LogP) is -1.30. The molecule has 178 valence electrons. The number of aromatic nitrogens is 4. The Morgan fingerprint density at radius 2 is 1.91 bits per heavy atom. The van der Waals surface area contributed by atoms with Crippen LogP contribution in [0, 0.1) is 5.92 Å². The van der Waals surface area contributed by atoms with Gasteiger partial charge in [-0.1, -0.05) is 0 Å². The Kier molecular flexibility index (Phi) is 7.46. The molecular weight excluding hydrogens is 458 g/mol. The van der Waals surface area contributed by atoms with Crippen molar-refractivity contribution >= 4 is 25.7 Å². The monoisotopic (exact) mass is 487 g/mol. The standard InChI is InChI=1S/C17H29N9O4S2/c1-11(10-19)23-32(29,30)14-3-2-13(26-8-5-12(4-7-18)6-9-26)15(16(14)31(20,27)28)17-21-24-25-22-17/h2-3,11-12,23H,4-10,18-19H2,1H3,(H2,20,27,28)(H,21,22,24,25)/t11-/m1/s1. The van der Waals surface area contributed by atoms with Crippen LogP contribution in [-0.4, -0.2) is 69.7 Å². The Hall–Kier alpha value is -2.17. The van der Waals surface area contributed by atoms with Crippen molar-refractivity contribution in [2.75, 3.05) is 31.1 Å². The van der Waals surface area contributed by atoms with Crippen LogP contribution < -0.4 is 26.2 Å².